The number of hydrogen-bond acceptors (Lipinski definition) is 5. The second-order valence-corrected chi connectivity index (χ2v) is 10.2. The second kappa shape index (κ2) is 7.83. The van der Waals surface area contributed by atoms with Crippen molar-refractivity contribution in [3.8, 4) is 0 Å². The molecule has 146 valence electrons. The number of Topliss-reactive ketones (excluding diaryl/α,β-unsaturated/α-hetero) is 1. The molecule has 1 aromatic heterocycles. The van der Waals surface area contributed by atoms with Gasteiger partial charge in [0.05, 0.1) is 11.0 Å². The Hall–Kier alpha value is -1.54. The van der Waals surface area contributed by atoms with Crippen LogP contribution in [0.15, 0.2) is 41.3 Å². The molecule has 3 rings (SSSR count). The van der Waals surface area contributed by atoms with Gasteiger partial charge in [0.2, 0.25) is 10.0 Å². The predicted molar refractivity (Wildman–Crippen MR) is 107 cm³/mol. The Morgan fingerprint density at radius 1 is 1.19 bits per heavy atom. The van der Waals surface area contributed by atoms with Crippen molar-refractivity contribution < 1.29 is 18.3 Å². The van der Waals surface area contributed by atoms with Crippen molar-refractivity contribution in [3.05, 3.63) is 51.7 Å². The van der Waals surface area contributed by atoms with Crippen molar-refractivity contribution in [1.82, 2.24) is 4.72 Å². The van der Waals surface area contributed by atoms with Gasteiger partial charge in [0.25, 0.3) is 0 Å². The van der Waals surface area contributed by atoms with Gasteiger partial charge in [-0.3, -0.25) is 4.79 Å². The predicted octanol–water partition coefficient (Wildman–Crippen LogP) is 3.79. The molecule has 1 aliphatic carbocycles. The standard InChI is InChI=1S/C20H25NO4S2/c1-14(22)16-5-7-17(8-6-16)27(24,25)21-13-20(11-3-4-12-20)19-10-9-18(26-19)15(2)23/h5-10,15,21,23H,3-4,11-13H2,1-2H3. The van der Waals surface area contributed by atoms with E-state index in [9.17, 15) is 18.3 Å². The summed E-state index contributed by atoms with van der Waals surface area (Å²) in [7, 11) is -3.65. The first kappa shape index (κ1) is 20.2. The molecular formula is C20H25NO4S2. The highest BCUT2D eigenvalue weighted by atomic mass is 32.2. The number of rotatable bonds is 7. The summed E-state index contributed by atoms with van der Waals surface area (Å²) >= 11 is 1.57. The lowest BCUT2D eigenvalue weighted by Crippen LogP contribution is -2.38. The van der Waals surface area contributed by atoms with E-state index >= 15 is 0 Å². The Bertz CT molecular complexity index is 908. The highest BCUT2D eigenvalue weighted by molar-refractivity contribution is 7.89. The van der Waals surface area contributed by atoms with Crippen molar-refractivity contribution >= 4 is 27.1 Å². The molecule has 1 unspecified atom stereocenters. The van der Waals surface area contributed by atoms with Crippen molar-refractivity contribution in [2.45, 2.75) is 55.9 Å². The molecule has 0 bridgehead atoms. The van der Waals surface area contributed by atoms with Crippen molar-refractivity contribution in [2.24, 2.45) is 0 Å². The lowest BCUT2D eigenvalue weighted by molar-refractivity contribution is 0.101. The highest BCUT2D eigenvalue weighted by Crippen LogP contribution is 2.44. The molecule has 0 radical (unpaired) electrons. The number of benzene rings is 1. The normalized spacial score (nSPS) is 17.7. The third-order valence-electron chi connectivity index (χ3n) is 5.29. The molecule has 2 N–H and O–H groups in total. The summed E-state index contributed by atoms with van der Waals surface area (Å²) in [5.41, 5.74) is 0.273. The minimum atomic E-state index is -3.65. The number of nitrogens with one attached hydrogen (secondary N) is 1. The highest BCUT2D eigenvalue weighted by Gasteiger charge is 2.38. The molecule has 1 atom stereocenters. The van der Waals surface area contributed by atoms with Gasteiger partial charge in [-0.15, -0.1) is 11.3 Å². The van der Waals surface area contributed by atoms with Crippen molar-refractivity contribution in [3.63, 3.8) is 0 Å². The van der Waals surface area contributed by atoms with E-state index in [0.717, 1.165) is 35.4 Å². The second-order valence-electron chi connectivity index (χ2n) is 7.27. The largest absolute Gasteiger partial charge is 0.388 e. The maximum Gasteiger partial charge on any atom is 0.240 e. The van der Waals surface area contributed by atoms with Crippen LogP contribution in [0.5, 0.6) is 0 Å². The molecule has 0 saturated heterocycles. The lowest BCUT2D eigenvalue weighted by Gasteiger charge is -2.28. The first-order valence-corrected chi connectivity index (χ1v) is 11.4. The summed E-state index contributed by atoms with van der Waals surface area (Å²) < 4.78 is 28.2. The van der Waals surface area contributed by atoms with Crippen LogP contribution in [0, 0.1) is 0 Å². The van der Waals surface area contributed by atoms with Crippen LogP contribution < -0.4 is 4.72 Å². The SMILES string of the molecule is CC(=O)c1ccc(S(=O)(=O)NCC2(c3ccc(C(C)O)s3)CCCC2)cc1. The van der Waals surface area contributed by atoms with Crippen molar-refractivity contribution in [2.75, 3.05) is 6.54 Å². The molecule has 0 aliphatic heterocycles. The maximum absolute atomic E-state index is 12.7. The number of hydrogen-bond donors (Lipinski definition) is 2. The Morgan fingerprint density at radius 3 is 2.33 bits per heavy atom. The summed E-state index contributed by atoms with van der Waals surface area (Å²) in [4.78, 5) is 13.6. The number of carbonyl (C=O) groups is 1. The zero-order valence-corrected chi connectivity index (χ0v) is 17.2. The molecule has 0 amide bonds. The lowest BCUT2D eigenvalue weighted by atomic mass is 9.85. The first-order chi connectivity index (χ1) is 12.7. The fraction of sp³-hybridized carbons (Fsp3) is 0.450. The number of aliphatic hydroxyl groups is 1. The van der Waals surface area contributed by atoms with Crippen LogP contribution >= 0.6 is 11.3 Å². The molecule has 27 heavy (non-hydrogen) atoms. The summed E-state index contributed by atoms with van der Waals surface area (Å²) in [6.07, 6.45) is 3.48. The minimum absolute atomic E-state index is 0.0940. The average Bonchev–Trinajstić information content (AvgIpc) is 3.30. The van der Waals surface area contributed by atoms with Crippen LogP contribution in [0.2, 0.25) is 0 Å². The van der Waals surface area contributed by atoms with Gasteiger partial charge in [0.15, 0.2) is 5.78 Å². The molecule has 5 nitrogen and oxygen atoms in total. The van der Waals surface area contributed by atoms with Gasteiger partial charge in [0, 0.05) is 27.3 Å². The zero-order chi connectivity index (χ0) is 19.7. The molecule has 1 aliphatic rings. The quantitative estimate of drug-likeness (QED) is 0.684. The molecular weight excluding hydrogens is 382 g/mol. The number of aliphatic hydroxyl groups excluding tert-OH is 1. The number of carbonyl (C=O) groups excluding carboxylic acids is 1. The fourth-order valence-electron chi connectivity index (χ4n) is 3.61. The van der Waals surface area contributed by atoms with Gasteiger partial charge in [-0.2, -0.15) is 0 Å². The van der Waals surface area contributed by atoms with Crippen molar-refractivity contribution in [1.29, 1.82) is 0 Å². The van der Waals surface area contributed by atoms with Gasteiger partial charge >= 0.3 is 0 Å². The van der Waals surface area contributed by atoms with Crippen LogP contribution in [0.25, 0.3) is 0 Å². The monoisotopic (exact) mass is 407 g/mol. The van der Waals surface area contributed by atoms with E-state index in [4.69, 9.17) is 0 Å². The van der Waals surface area contributed by atoms with E-state index < -0.39 is 16.1 Å². The first-order valence-electron chi connectivity index (χ1n) is 9.12. The Labute approximate surface area is 164 Å². The molecule has 1 aromatic carbocycles. The van der Waals surface area contributed by atoms with E-state index in [1.807, 2.05) is 12.1 Å². The van der Waals surface area contributed by atoms with Gasteiger partial charge in [-0.1, -0.05) is 25.0 Å². The van der Waals surface area contributed by atoms with E-state index in [-0.39, 0.29) is 16.1 Å². The number of ketones is 1. The van der Waals surface area contributed by atoms with Gasteiger partial charge < -0.3 is 5.11 Å². The maximum atomic E-state index is 12.7. The summed E-state index contributed by atoms with van der Waals surface area (Å²) in [5.74, 6) is -0.0940. The molecule has 1 fully saturated rings. The van der Waals surface area contributed by atoms with E-state index in [0.29, 0.717) is 12.1 Å². The zero-order valence-electron chi connectivity index (χ0n) is 15.6. The topological polar surface area (TPSA) is 83.5 Å². The summed E-state index contributed by atoms with van der Waals surface area (Å²) in [5, 5.41) is 9.81. The third kappa shape index (κ3) is 4.32. The van der Waals surface area contributed by atoms with E-state index in [2.05, 4.69) is 4.72 Å². The summed E-state index contributed by atoms with van der Waals surface area (Å²) in [6.45, 7) is 3.53. The molecule has 7 heteroatoms. The Morgan fingerprint density at radius 2 is 1.81 bits per heavy atom. The molecule has 2 aromatic rings. The number of thiophene rings is 1. The molecule has 1 saturated carbocycles. The molecule has 0 spiro atoms. The Balaban J connectivity index is 1.79. The van der Waals surface area contributed by atoms with E-state index in [1.165, 1.54) is 31.2 Å². The van der Waals surface area contributed by atoms with Crippen LogP contribution in [-0.2, 0) is 15.4 Å². The van der Waals surface area contributed by atoms with Gasteiger partial charge in [-0.05, 0) is 51.0 Å². The third-order valence-corrected chi connectivity index (χ3v) is 8.21. The van der Waals surface area contributed by atoms with Crippen LogP contribution in [0.4, 0.5) is 0 Å². The average molecular weight is 408 g/mol. The smallest absolute Gasteiger partial charge is 0.240 e. The van der Waals surface area contributed by atoms with Crippen LogP contribution in [0.3, 0.4) is 0 Å². The summed E-state index contributed by atoms with van der Waals surface area (Å²) in [6, 6.07) is 9.97. The number of sulfonamides is 1. The van der Waals surface area contributed by atoms with Gasteiger partial charge in [-0.25, -0.2) is 13.1 Å². The van der Waals surface area contributed by atoms with Crippen LogP contribution in [0.1, 0.15) is 65.7 Å². The fourth-order valence-corrected chi connectivity index (χ4v) is 5.93. The van der Waals surface area contributed by atoms with E-state index in [1.54, 1.807) is 18.3 Å². The Kier molecular flexibility index (Phi) is 5.86. The molecule has 1 heterocycles. The van der Waals surface area contributed by atoms with Gasteiger partial charge in [0.1, 0.15) is 0 Å². The minimum Gasteiger partial charge on any atom is -0.388 e. The van der Waals surface area contributed by atoms with Crippen LogP contribution in [-0.4, -0.2) is 25.9 Å².